The molecule has 152 valence electrons. The first kappa shape index (κ1) is 19.4. The number of rotatable bonds is 5. The third kappa shape index (κ3) is 4.76. The van der Waals surface area contributed by atoms with Gasteiger partial charge in [-0.2, -0.15) is 0 Å². The fourth-order valence-electron chi connectivity index (χ4n) is 3.71. The monoisotopic (exact) mass is 397 g/mol. The maximum Gasteiger partial charge on any atom is 0.228 e. The first-order chi connectivity index (χ1) is 13.9. The highest BCUT2D eigenvalue weighted by Crippen LogP contribution is 2.25. The fourth-order valence-corrected chi connectivity index (χ4v) is 3.71. The Morgan fingerprint density at radius 2 is 2.03 bits per heavy atom. The number of hydrogen-bond acceptors (Lipinski definition) is 6. The molecule has 0 bridgehead atoms. The standard InChI is InChI=1S/C21H24FN5O2/c1-21(2,22)12-27-5-3-14(4-6-27)20(28)26-19-8-15-7-16(18-11-23-13-29-18)9-24-17(15)10-25-19/h7-11,13-14H,3-6,12H2,1-2H3,(H,25,26,28). The molecule has 0 atom stereocenters. The molecule has 1 amide bonds. The van der Waals surface area contributed by atoms with Crippen molar-refractivity contribution in [2.24, 2.45) is 5.92 Å². The van der Waals surface area contributed by atoms with Crippen LogP contribution in [0.5, 0.6) is 0 Å². The van der Waals surface area contributed by atoms with Gasteiger partial charge in [0.15, 0.2) is 12.2 Å². The predicted octanol–water partition coefficient (Wildman–Crippen LogP) is 3.68. The number of aromatic nitrogens is 3. The third-order valence-electron chi connectivity index (χ3n) is 5.09. The lowest BCUT2D eigenvalue weighted by atomic mass is 9.95. The molecule has 3 aromatic heterocycles. The van der Waals surface area contributed by atoms with Crippen molar-refractivity contribution >= 4 is 22.6 Å². The molecule has 0 aromatic carbocycles. The molecule has 1 fully saturated rings. The highest BCUT2D eigenvalue weighted by atomic mass is 19.1. The number of piperidine rings is 1. The summed E-state index contributed by atoms with van der Waals surface area (Å²) >= 11 is 0. The smallest absolute Gasteiger partial charge is 0.228 e. The van der Waals surface area contributed by atoms with Gasteiger partial charge in [0.05, 0.1) is 17.9 Å². The van der Waals surface area contributed by atoms with Gasteiger partial charge in [-0.1, -0.05) is 0 Å². The van der Waals surface area contributed by atoms with Gasteiger partial charge in [-0.25, -0.2) is 14.4 Å². The molecule has 1 aliphatic rings. The summed E-state index contributed by atoms with van der Waals surface area (Å²) in [6.07, 6.45) is 7.77. The van der Waals surface area contributed by atoms with Crippen molar-refractivity contribution < 1.29 is 13.6 Å². The Labute approximate surface area is 168 Å². The number of carbonyl (C=O) groups is 1. The molecule has 8 heteroatoms. The van der Waals surface area contributed by atoms with Crippen molar-refractivity contribution in [1.82, 2.24) is 19.9 Å². The van der Waals surface area contributed by atoms with E-state index in [1.54, 1.807) is 38.5 Å². The van der Waals surface area contributed by atoms with E-state index in [9.17, 15) is 9.18 Å². The summed E-state index contributed by atoms with van der Waals surface area (Å²) in [6, 6.07) is 3.73. The normalized spacial score (nSPS) is 16.2. The van der Waals surface area contributed by atoms with E-state index in [1.165, 1.54) is 6.39 Å². The molecule has 0 unspecified atom stereocenters. The molecule has 0 aliphatic carbocycles. The lowest BCUT2D eigenvalue weighted by Gasteiger charge is -2.33. The number of anilines is 1. The number of fused-ring (bicyclic) bond motifs is 1. The topological polar surface area (TPSA) is 84.2 Å². The summed E-state index contributed by atoms with van der Waals surface area (Å²) in [6.45, 7) is 5.01. The second kappa shape index (κ2) is 7.87. The lowest BCUT2D eigenvalue weighted by Crippen LogP contribution is -2.43. The summed E-state index contributed by atoms with van der Waals surface area (Å²) < 4.78 is 19.1. The molecule has 1 aliphatic heterocycles. The van der Waals surface area contributed by atoms with Crippen molar-refractivity contribution in [3.05, 3.63) is 37.1 Å². The summed E-state index contributed by atoms with van der Waals surface area (Å²) in [5, 5.41) is 3.77. The molecular weight excluding hydrogens is 373 g/mol. The van der Waals surface area contributed by atoms with E-state index in [0.717, 1.165) is 29.6 Å². The molecule has 0 spiro atoms. The Bertz CT molecular complexity index is 992. The van der Waals surface area contributed by atoms with E-state index in [1.807, 2.05) is 6.07 Å². The molecule has 1 saturated heterocycles. The van der Waals surface area contributed by atoms with E-state index in [4.69, 9.17) is 4.42 Å². The first-order valence-corrected chi connectivity index (χ1v) is 9.74. The largest absolute Gasteiger partial charge is 0.443 e. The zero-order chi connectivity index (χ0) is 20.4. The van der Waals surface area contributed by atoms with Gasteiger partial charge in [0.2, 0.25) is 5.91 Å². The predicted molar refractivity (Wildman–Crippen MR) is 108 cm³/mol. The summed E-state index contributed by atoms with van der Waals surface area (Å²) in [5.41, 5.74) is 0.318. The van der Waals surface area contributed by atoms with E-state index < -0.39 is 5.67 Å². The maximum atomic E-state index is 13.8. The first-order valence-electron chi connectivity index (χ1n) is 9.74. The van der Waals surface area contributed by atoms with Crippen molar-refractivity contribution in [3.8, 4) is 11.3 Å². The van der Waals surface area contributed by atoms with E-state index >= 15 is 0 Å². The van der Waals surface area contributed by atoms with Gasteiger partial charge in [0.25, 0.3) is 0 Å². The number of carbonyl (C=O) groups excluding carboxylic acids is 1. The van der Waals surface area contributed by atoms with Gasteiger partial charge < -0.3 is 14.6 Å². The average Bonchev–Trinajstić information content (AvgIpc) is 3.21. The van der Waals surface area contributed by atoms with Crippen molar-refractivity contribution in [1.29, 1.82) is 0 Å². The van der Waals surface area contributed by atoms with Crippen LogP contribution in [0.15, 0.2) is 41.5 Å². The van der Waals surface area contributed by atoms with Crippen molar-refractivity contribution in [2.45, 2.75) is 32.4 Å². The minimum Gasteiger partial charge on any atom is -0.443 e. The zero-order valence-corrected chi connectivity index (χ0v) is 16.6. The van der Waals surface area contributed by atoms with Crippen molar-refractivity contribution in [3.63, 3.8) is 0 Å². The van der Waals surface area contributed by atoms with Gasteiger partial charge in [-0.05, 0) is 51.9 Å². The molecule has 29 heavy (non-hydrogen) atoms. The molecule has 1 N–H and O–H groups in total. The van der Waals surface area contributed by atoms with Crippen molar-refractivity contribution in [2.75, 3.05) is 25.0 Å². The van der Waals surface area contributed by atoms with Crippen LogP contribution in [0.25, 0.3) is 22.2 Å². The molecule has 0 radical (unpaired) electrons. The second-order valence-electron chi connectivity index (χ2n) is 8.11. The third-order valence-corrected chi connectivity index (χ3v) is 5.09. The van der Waals surface area contributed by atoms with Crippen LogP contribution >= 0.6 is 0 Å². The van der Waals surface area contributed by atoms with Gasteiger partial charge in [0.1, 0.15) is 11.5 Å². The minimum absolute atomic E-state index is 0.0460. The number of nitrogens with one attached hydrogen (secondary N) is 1. The molecule has 7 nitrogen and oxygen atoms in total. The van der Waals surface area contributed by atoms with Crippen LogP contribution in [0, 0.1) is 5.92 Å². The maximum absolute atomic E-state index is 13.8. The van der Waals surface area contributed by atoms with E-state index in [0.29, 0.717) is 31.0 Å². The summed E-state index contributed by atoms with van der Waals surface area (Å²) in [4.78, 5) is 27.4. The lowest BCUT2D eigenvalue weighted by molar-refractivity contribution is -0.121. The van der Waals surface area contributed by atoms with Gasteiger partial charge in [-0.3, -0.25) is 9.78 Å². The van der Waals surface area contributed by atoms with Gasteiger partial charge in [0, 0.05) is 29.6 Å². The Morgan fingerprint density at radius 1 is 1.24 bits per heavy atom. The van der Waals surface area contributed by atoms with Gasteiger partial charge in [-0.15, -0.1) is 0 Å². The van der Waals surface area contributed by atoms with Gasteiger partial charge >= 0.3 is 0 Å². The van der Waals surface area contributed by atoms with Crippen LogP contribution in [-0.4, -0.2) is 51.1 Å². The minimum atomic E-state index is -1.22. The number of oxazole rings is 1. The SMILES string of the molecule is CC(C)(F)CN1CCC(C(=O)Nc2cc3cc(-c4cnco4)cnc3cn2)CC1. The Kier molecular flexibility index (Phi) is 5.27. The highest BCUT2D eigenvalue weighted by molar-refractivity contribution is 5.94. The molecule has 3 aromatic rings. The second-order valence-corrected chi connectivity index (χ2v) is 8.11. The number of likely N-dealkylation sites (tertiary alicyclic amines) is 1. The van der Waals surface area contributed by atoms with Crippen LogP contribution in [0.2, 0.25) is 0 Å². The molecule has 0 saturated carbocycles. The van der Waals surface area contributed by atoms with E-state index in [2.05, 4.69) is 25.2 Å². The van der Waals surface area contributed by atoms with Crippen LogP contribution in [0.3, 0.4) is 0 Å². The quantitative estimate of drug-likeness (QED) is 0.707. The number of hydrogen-bond donors (Lipinski definition) is 1. The summed E-state index contributed by atoms with van der Waals surface area (Å²) in [7, 11) is 0. The molecular formula is C21H24FN5O2. The number of alkyl halides is 1. The number of halogens is 1. The van der Waals surface area contributed by atoms with Crippen LogP contribution in [0.4, 0.5) is 10.2 Å². The molecule has 4 heterocycles. The average molecular weight is 397 g/mol. The van der Waals surface area contributed by atoms with E-state index in [-0.39, 0.29) is 11.8 Å². The Morgan fingerprint density at radius 3 is 2.72 bits per heavy atom. The number of amides is 1. The Hall–Kier alpha value is -2.87. The zero-order valence-electron chi connectivity index (χ0n) is 16.6. The highest BCUT2D eigenvalue weighted by Gasteiger charge is 2.28. The molecule has 4 rings (SSSR count). The number of nitrogens with zero attached hydrogens (tertiary/aromatic N) is 4. The van der Waals surface area contributed by atoms with Crippen LogP contribution < -0.4 is 5.32 Å². The summed E-state index contributed by atoms with van der Waals surface area (Å²) in [5.74, 6) is 0.983. The number of pyridine rings is 2. The Balaban J connectivity index is 1.42. The fraction of sp³-hybridized carbons (Fsp3) is 0.429. The van der Waals surface area contributed by atoms with Crippen LogP contribution in [0.1, 0.15) is 26.7 Å². The van der Waals surface area contributed by atoms with Crippen LogP contribution in [-0.2, 0) is 4.79 Å².